The minimum Gasteiger partial charge on any atom is -0.353 e. The van der Waals surface area contributed by atoms with Crippen molar-refractivity contribution in [1.29, 1.82) is 0 Å². The van der Waals surface area contributed by atoms with Crippen LogP contribution in [0, 0.1) is 3.95 Å². The number of amides is 1. The second-order valence-corrected chi connectivity index (χ2v) is 8.91. The van der Waals surface area contributed by atoms with E-state index in [0.717, 1.165) is 12.1 Å². The van der Waals surface area contributed by atoms with Crippen molar-refractivity contribution < 1.29 is 4.79 Å². The Kier molecular flexibility index (Phi) is 6.36. The van der Waals surface area contributed by atoms with E-state index in [0.29, 0.717) is 24.5 Å². The van der Waals surface area contributed by atoms with Gasteiger partial charge in [0.05, 0.1) is 5.75 Å². The van der Waals surface area contributed by atoms with Crippen LogP contribution in [0.25, 0.3) is 16.0 Å². The van der Waals surface area contributed by atoms with Crippen molar-refractivity contribution in [3.05, 3.63) is 43.6 Å². The van der Waals surface area contributed by atoms with Crippen molar-refractivity contribution in [3.8, 4) is 5.69 Å². The van der Waals surface area contributed by atoms with Gasteiger partial charge in [0.15, 0.2) is 14.8 Å². The van der Waals surface area contributed by atoms with Gasteiger partial charge in [-0.15, -0.1) is 0 Å². The maximum Gasteiger partial charge on any atom is 0.271 e. The molecule has 0 fully saturated rings. The normalized spacial score (nSPS) is 12.3. The molecule has 27 heavy (non-hydrogen) atoms. The van der Waals surface area contributed by atoms with Crippen LogP contribution in [0.4, 0.5) is 0 Å². The first kappa shape index (κ1) is 20.1. The number of nitrogens with one attached hydrogen (secondary N) is 2. The Morgan fingerprint density at radius 3 is 2.81 bits per heavy atom. The molecular weight excluding hydrogens is 424 g/mol. The number of fused-ring (bicyclic) bond motifs is 1. The molecule has 0 saturated carbocycles. The molecule has 6 nitrogen and oxygen atoms in total. The molecule has 2 N–H and O–H groups in total. The molecule has 1 amide bonds. The fourth-order valence-corrected chi connectivity index (χ4v) is 4.40. The highest BCUT2D eigenvalue weighted by Gasteiger charge is 2.15. The summed E-state index contributed by atoms with van der Waals surface area (Å²) in [5.41, 5.74) is 0.980. The van der Waals surface area contributed by atoms with Gasteiger partial charge < -0.3 is 10.3 Å². The van der Waals surface area contributed by atoms with E-state index < -0.39 is 0 Å². The zero-order chi connectivity index (χ0) is 19.6. The molecule has 3 rings (SSSR count). The van der Waals surface area contributed by atoms with Gasteiger partial charge in [-0.05, 0) is 49.8 Å². The predicted molar refractivity (Wildman–Crippen MR) is 114 cm³/mol. The van der Waals surface area contributed by atoms with E-state index in [1.807, 2.05) is 26.0 Å². The molecule has 0 bridgehead atoms. The molecule has 2 heterocycles. The predicted octanol–water partition coefficient (Wildman–Crippen LogP) is 4.16. The van der Waals surface area contributed by atoms with Gasteiger partial charge in [0, 0.05) is 16.8 Å². The Labute approximate surface area is 174 Å². The van der Waals surface area contributed by atoms with Crippen molar-refractivity contribution in [2.45, 2.75) is 31.5 Å². The summed E-state index contributed by atoms with van der Waals surface area (Å²) in [5, 5.41) is 3.87. The fraction of sp³-hybridized carbons (Fsp3) is 0.294. The van der Waals surface area contributed by atoms with Gasteiger partial charge in [0.1, 0.15) is 4.70 Å². The number of rotatable bonds is 6. The Morgan fingerprint density at radius 1 is 1.44 bits per heavy atom. The SMILES string of the molecule is CC[C@@H](C)NC(=O)CSc1nc2c(sc(=S)n2-c2ccc(Cl)cc2)c(=O)[nH]1. The first-order valence-electron chi connectivity index (χ1n) is 8.23. The van der Waals surface area contributed by atoms with Crippen LogP contribution >= 0.6 is 46.9 Å². The van der Waals surface area contributed by atoms with E-state index in [1.54, 1.807) is 16.7 Å². The van der Waals surface area contributed by atoms with Gasteiger partial charge in [-0.25, -0.2) is 4.98 Å². The van der Waals surface area contributed by atoms with Crippen LogP contribution in [0.5, 0.6) is 0 Å². The van der Waals surface area contributed by atoms with Crippen LogP contribution in [0.2, 0.25) is 5.02 Å². The monoisotopic (exact) mass is 440 g/mol. The lowest BCUT2D eigenvalue weighted by atomic mass is 10.3. The van der Waals surface area contributed by atoms with E-state index in [-0.39, 0.29) is 23.3 Å². The smallest absolute Gasteiger partial charge is 0.271 e. The van der Waals surface area contributed by atoms with E-state index in [1.165, 1.54) is 23.1 Å². The lowest BCUT2D eigenvalue weighted by Crippen LogP contribution is -2.33. The third kappa shape index (κ3) is 4.60. The Hall–Kier alpha value is -1.68. The van der Waals surface area contributed by atoms with Crippen LogP contribution in [0.3, 0.4) is 0 Å². The Morgan fingerprint density at radius 2 is 2.15 bits per heavy atom. The maximum absolute atomic E-state index is 12.4. The van der Waals surface area contributed by atoms with E-state index >= 15 is 0 Å². The van der Waals surface area contributed by atoms with E-state index in [9.17, 15) is 9.59 Å². The lowest BCUT2D eigenvalue weighted by molar-refractivity contribution is -0.119. The summed E-state index contributed by atoms with van der Waals surface area (Å²) in [4.78, 5) is 31.7. The molecule has 0 spiro atoms. The number of carbonyl (C=O) groups excluding carboxylic acids is 1. The molecule has 0 radical (unpaired) electrons. The van der Waals surface area contributed by atoms with Crippen LogP contribution in [0.1, 0.15) is 20.3 Å². The lowest BCUT2D eigenvalue weighted by Gasteiger charge is -2.10. The van der Waals surface area contributed by atoms with Crippen LogP contribution in [0.15, 0.2) is 34.2 Å². The van der Waals surface area contributed by atoms with E-state index in [4.69, 9.17) is 23.8 Å². The molecule has 0 aliphatic carbocycles. The first-order valence-corrected chi connectivity index (χ1v) is 10.8. The first-order chi connectivity index (χ1) is 12.9. The molecule has 1 atom stereocenters. The molecule has 0 aliphatic rings. The largest absolute Gasteiger partial charge is 0.353 e. The number of H-pyrrole nitrogens is 1. The number of benzene rings is 1. The highest BCUT2D eigenvalue weighted by atomic mass is 35.5. The highest BCUT2D eigenvalue weighted by molar-refractivity contribution is 7.99. The maximum atomic E-state index is 12.4. The van der Waals surface area contributed by atoms with Crippen LogP contribution < -0.4 is 10.9 Å². The number of thiazole rings is 1. The Bertz CT molecular complexity index is 1090. The summed E-state index contributed by atoms with van der Waals surface area (Å²) in [5.74, 6) is 0.0712. The molecule has 0 saturated heterocycles. The molecule has 3 aromatic rings. The van der Waals surface area contributed by atoms with Crippen molar-refractivity contribution in [2.75, 3.05) is 5.75 Å². The summed E-state index contributed by atoms with van der Waals surface area (Å²) in [6, 6.07) is 7.26. The highest BCUT2D eigenvalue weighted by Crippen LogP contribution is 2.25. The number of aromatic amines is 1. The van der Waals surface area contributed by atoms with E-state index in [2.05, 4.69) is 15.3 Å². The van der Waals surface area contributed by atoms with Gasteiger partial charge >= 0.3 is 0 Å². The summed E-state index contributed by atoms with van der Waals surface area (Å²) >= 11 is 13.8. The summed E-state index contributed by atoms with van der Waals surface area (Å²) in [6.07, 6.45) is 0.856. The number of hydrogen-bond acceptors (Lipinski definition) is 6. The van der Waals surface area contributed by atoms with Crippen molar-refractivity contribution in [1.82, 2.24) is 19.9 Å². The summed E-state index contributed by atoms with van der Waals surface area (Å²) in [7, 11) is 0. The third-order valence-corrected chi connectivity index (χ3v) is 6.35. The van der Waals surface area contributed by atoms with Gasteiger partial charge in [-0.3, -0.25) is 14.2 Å². The van der Waals surface area contributed by atoms with Crippen molar-refractivity contribution >= 4 is 63.2 Å². The number of halogens is 1. The molecular formula is C17H17ClN4O2S3. The quantitative estimate of drug-likeness (QED) is 0.341. The van der Waals surface area contributed by atoms with Gasteiger partial charge in [-0.1, -0.05) is 41.6 Å². The second kappa shape index (κ2) is 8.55. The Balaban J connectivity index is 1.94. The van der Waals surface area contributed by atoms with Crippen LogP contribution in [-0.2, 0) is 4.79 Å². The molecule has 142 valence electrons. The molecule has 1 aromatic carbocycles. The summed E-state index contributed by atoms with van der Waals surface area (Å²) in [6.45, 7) is 3.95. The number of thioether (sulfide) groups is 1. The number of hydrogen-bond donors (Lipinski definition) is 2. The zero-order valence-corrected chi connectivity index (χ0v) is 17.8. The van der Waals surface area contributed by atoms with Gasteiger partial charge in [-0.2, -0.15) is 0 Å². The minimum atomic E-state index is -0.270. The zero-order valence-electron chi connectivity index (χ0n) is 14.6. The molecule has 0 aliphatic heterocycles. The van der Waals surface area contributed by atoms with Crippen molar-refractivity contribution in [2.24, 2.45) is 0 Å². The average molecular weight is 441 g/mol. The molecule has 2 aromatic heterocycles. The van der Waals surface area contributed by atoms with Gasteiger partial charge in [0.2, 0.25) is 5.91 Å². The number of nitrogens with zero attached hydrogens (tertiary/aromatic N) is 2. The molecule has 0 unspecified atom stereocenters. The van der Waals surface area contributed by atoms with Gasteiger partial charge in [0.25, 0.3) is 5.56 Å². The standard InChI is InChI=1S/C17H17ClN4O2S3/c1-3-9(2)19-12(23)8-26-16-20-14-13(15(24)21-16)27-17(25)22(14)11-6-4-10(18)5-7-11/h4-7,9H,3,8H2,1-2H3,(H,19,23)(H,20,21,24)/t9-/m1/s1. The average Bonchev–Trinajstić information content (AvgIpc) is 2.97. The fourth-order valence-electron chi connectivity index (χ4n) is 2.33. The minimum absolute atomic E-state index is 0.100. The van der Waals surface area contributed by atoms with Crippen molar-refractivity contribution in [3.63, 3.8) is 0 Å². The number of carbonyl (C=O) groups is 1. The molecule has 10 heteroatoms. The second-order valence-electron chi connectivity index (χ2n) is 5.87. The van der Waals surface area contributed by atoms with Crippen LogP contribution in [-0.4, -0.2) is 32.2 Å². The topological polar surface area (TPSA) is 79.8 Å². The summed E-state index contributed by atoms with van der Waals surface area (Å²) < 4.78 is 2.70. The number of aromatic nitrogens is 3. The third-order valence-electron chi connectivity index (χ3n) is 3.87.